The molecule has 1 aromatic heterocycles. The van der Waals surface area contributed by atoms with Crippen LogP contribution in [0.5, 0.6) is 5.75 Å². The molecule has 3 rings (SSSR count). The Morgan fingerprint density at radius 3 is 2.37 bits per heavy atom. The molecule has 8 nitrogen and oxygen atoms in total. The van der Waals surface area contributed by atoms with E-state index in [0.717, 1.165) is 30.2 Å². The summed E-state index contributed by atoms with van der Waals surface area (Å²) in [5, 5.41) is 12.8. The molecule has 0 atom stereocenters. The lowest BCUT2D eigenvalue weighted by molar-refractivity contribution is -0.130. The predicted molar refractivity (Wildman–Crippen MR) is 116 cm³/mol. The van der Waals surface area contributed by atoms with E-state index in [1.165, 1.54) is 15.5 Å². The van der Waals surface area contributed by atoms with Gasteiger partial charge >= 0.3 is 6.09 Å². The normalized spacial score (nSPS) is 22.8. The molecule has 0 radical (unpaired) electrons. The molecule has 2 N–H and O–H groups in total. The van der Waals surface area contributed by atoms with Gasteiger partial charge in [-0.1, -0.05) is 0 Å². The molecule has 2 amide bonds. The van der Waals surface area contributed by atoms with Crippen molar-refractivity contribution in [3.8, 4) is 5.75 Å². The van der Waals surface area contributed by atoms with Gasteiger partial charge in [-0.25, -0.2) is 4.79 Å². The summed E-state index contributed by atoms with van der Waals surface area (Å²) >= 11 is 3.43. The number of hydrogen-bond donors (Lipinski definition) is 2. The lowest BCUT2D eigenvalue weighted by Gasteiger charge is -2.40. The van der Waals surface area contributed by atoms with Gasteiger partial charge in [0.2, 0.25) is 5.91 Å². The third kappa shape index (κ3) is 4.66. The van der Waals surface area contributed by atoms with Crippen LogP contribution in [0, 0.1) is 0 Å². The Bertz CT molecular complexity index is 880. The summed E-state index contributed by atoms with van der Waals surface area (Å²) in [4.78, 5) is 38.0. The molecule has 0 aromatic carbocycles. The highest BCUT2D eigenvalue weighted by molar-refractivity contribution is 9.10. The molecule has 0 spiro atoms. The number of amides is 2. The highest BCUT2D eigenvalue weighted by Gasteiger charge is 2.60. The van der Waals surface area contributed by atoms with E-state index < -0.39 is 17.2 Å². The number of aryl methyl sites for hydroxylation is 1. The third-order valence-corrected chi connectivity index (χ3v) is 6.48. The maximum atomic E-state index is 13.0. The summed E-state index contributed by atoms with van der Waals surface area (Å²) in [5.74, 6) is 0.336. The second-order valence-corrected chi connectivity index (χ2v) is 10.2. The number of nitrogens with zero attached hydrogens (tertiary/aromatic N) is 2. The molecule has 0 bridgehead atoms. The number of pyridine rings is 1. The molecule has 30 heavy (non-hydrogen) atoms. The predicted octanol–water partition coefficient (Wildman–Crippen LogP) is 3.27. The van der Waals surface area contributed by atoms with Crippen LogP contribution in [0.3, 0.4) is 0 Å². The molecular formula is C21H30BrN3O5. The molecule has 1 aromatic rings. The van der Waals surface area contributed by atoms with Crippen LogP contribution in [-0.4, -0.2) is 49.8 Å². The smallest absolute Gasteiger partial charge is 0.408 e. The summed E-state index contributed by atoms with van der Waals surface area (Å²) in [7, 11) is 1.68. The van der Waals surface area contributed by atoms with E-state index in [0.29, 0.717) is 18.6 Å². The fraction of sp³-hybridized carbons (Fsp3) is 0.667. The van der Waals surface area contributed by atoms with E-state index in [4.69, 9.17) is 4.74 Å². The number of nitrogens with one attached hydrogen (secondary N) is 1. The van der Waals surface area contributed by atoms with E-state index in [2.05, 4.69) is 21.2 Å². The molecule has 1 heterocycles. The van der Waals surface area contributed by atoms with Crippen LogP contribution in [-0.2, 0) is 11.8 Å². The van der Waals surface area contributed by atoms with E-state index in [9.17, 15) is 19.5 Å². The molecule has 0 unspecified atom stereocenters. The minimum atomic E-state index is -1.06. The average molecular weight is 484 g/mol. The van der Waals surface area contributed by atoms with Crippen molar-refractivity contribution in [3.63, 3.8) is 0 Å². The second kappa shape index (κ2) is 8.24. The Kier molecular flexibility index (Phi) is 6.23. The van der Waals surface area contributed by atoms with E-state index in [1.54, 1.807) is 13.2 Å². The maximum Gasteiger partial charge on any atom is 0.408 e. The number of ether oxygens (including phenoxy) is 1. The first-order chi connectivity index (χ1) is 13.9. The van der Waals surface area contributed by atoms with Crippen molar-refractivity contribution in [2.75, 3.05) is 0 Å². The van der Waals surface area contributed by atoms with Gasteiger partial charge in [-0.05, 0) is 75.2 Å². The summed E-state index contributed by atoms with van der Waals surface area (Å²) in [6, 6.07) is 1.47. The Balaban J connectivity index is 1.57. The van der Waals surface area contributed by atoms with Gasteiger partial charge in [-0.15, -0.1) is 0 Å². The van der Waals surface area contributed by atoms with Gasteiger partial charge in [0.05, 0.1) is 10.6 Å². The molecule has 0 saturated heterocycles. The van der Waals surface area contributed by atoms with Gasteiger partial charge in [0.15, 0.2) is 0 Å². The number of aromatic nitrogens is 1. The van der Waals surface area contributed by atoms with Crippen LogP contribution in [0.25, 0.3) is 0 Å². The van der Waals surface area contributed by atoms with Crippen molar-refractivity contribution < 1.29 is 19.4 Å². The maximum absolute atomic E-state index is 13.0. The van der Waals surface area contributed by atoms with Gasteiger partial charge < -0.3 is 19.7 Å². The van der Waals surface area contributed by atoms with Crippen molar-refractivity contribution in [3.05, 3.63) is 27.1 Å². The highest BCUT2D eigenvalue weighted by atomic mass is 79.9. The monoisotopic (exact) mass is 483 g/mol. The number of carboxylic acid groups (broad SMARTS) is 1. The van der Waals surface area contributed by atoms with Crippen molar-refractivity contribution in [1.82, 2.24) is 14.8 Å². The van der Waals surface area contributed by atoms with Gasteiger partial charge in [0, 0.05) is 30.9 Å². The van der Waals surface area contributed by atoms with Gasteiger partial charge in [-0.2, -0.15) is 0 Å². The van der Waals surface area contributed by atoms with E-state index >= 15 is 0 Å². The first kappa shape index (κ1) is 22.7. The van der Waals surface area contributed by atoms with Crippen LogP contribution in [0.2, 0.25) is 0 Å². The number of carbonyl (C=O) groups is 2. The van der Waals surface area contributed by atoms with Crippen molar-refractivity contribution in [2.24, 2.45) is 7.05 Å². The van der Waals surface area contributed by atoms with Crippen LogP contribution < -0.4 is 15.6 Å². The lowest BCUT2D eigenvalue weighted by Crippen LogP contribution is -2.60. The topological polar surface area (TPSA) is 101 Å². The summed E-state index contributed by atoms with van der Waals surface area (Å²) in [6.45, 7) is 5.43. The molecular weight excluding hydrogens is 454 g/mol. The molecule has 2 aliphatic carbocycles. The van der Waals surface area contributed by atoms with Crippen molar-refractivity contribution in [2.45, 2.75) is 82.5 Å². The number of hydrogen-bond acceptors (Lipinski definition) is 4. The van der Waals surface area contributed by atoms with Gasteiger partial charge in [0.25, 0.3) is 5.56 Å². The molecule has 2 fully saturated rings. The minimum Gasteiger partial charge on any atom is -0.489 e. The first-order valence-electron chi connectivity index (χ1n) is 10.3. The highest BCUT2D eigenvalue weighted by Crippen LogP contribution is 2.46. The zero-order valence-electron chi connectivity index (χ0n) is 17.9. The zero-order valence-corrected chi connectivity index (χ0v) is 19.5. The largest absolute Gasteiger partial charge is 0.489 e. The molecule has 2 saturated carbocycles. The standard InChI is InChI=1S/C21H30BrN3O5/c1-20(2,3)25(19(28)29)21(9-10-21)18(27)23-13-5-7-14(8-6-13)30-16-11-17(26)24(4)12-15(16)22/h11-14H,5-10H2,1-4H3,(H,23,27)(H,28,29). The van der Waals surface area contributed by atoms with E-state index in [1.807, 2.05) is 20.8 Å². The Morgan fingerprint density at radius 1 is 1.27 bits per heavy atom. The number of carbonyl (C=O) groups excluding carboxylic acids is 1. The van der Waals surface area contributed by atoms with Crippen molar-refractivity contribution in [1.29, 1.82) is 0 Å². The Hall–Kier alpha value is -2.03. The summed E-state index contributed by atoms with van der Waals surface area (Å²) in [5.41, 5.74) is -1.73. The Labute approximate surface area is 184 Å². The van der Waals surface area contributed by atoms with Crippen LogP contribution >= 0.6 is 15.9 Å². The fourth-order valence-corrected chi connectivity index (χ4v) is 4.79. The van der Waals surface area contributed by atoms with Gasteiger partial charge in [0.1, 0.15) is 11.3 Å². The molecule has 166 valence electrons. The molecule has 2 aliphatic rings. The van der Waals surface area contributed by atoms with Crippen molar-refractivity contribution >= 4 is 27.9 Å². The lowest BCUT2D eigenvalue weighted by atomic mass is 9.92. The average Bonchev–Trinajstić information content (AvgIpc) is 3.41. The molecule has 9 heteroatoms. The zero-order chi connectivity index (χ0) is 22.3. The molecule has 0 aliphatic heterocycles. The summed E-state index contributed by atoms with van der Waals surface area (Å²) in [6.07, 6.45) is 4.70. The van der Waals surface area contributed by atoms with Crippen LogP contribution in [0.15, 0.2) is 21.5 Å². The first-order valence-corrected chi connectivity index (χ1v) is 11.1. The quantitative estimate of drug-likeness (QED) is 0.668. The third-order valence-electron chi connectivity index (χ3n) is 5.88. The number of rotatable bonds is 5. The second-order valence-electron chi connectivity index (χ2n) is 9.32. The minimum absolute atomic E-state index is 0.00229. The number of halogens is 1. The SMILES string of the molecule is Cn1cc(Br)c(OC2CCC(NC(=O)C3(N(C(=O)O)C(C)(C)C)CC3)CC2)cc1=O. The fourth-order valence-electron chi connectivity index (χ4n) is 4.28. The van der Waals surface area contributed by atoms with Gasteiger partial charge in [-0.3, -0.25) is 14.5 Å². The summed E-state index contributed by atoms with van der Waals surface area (Å²) < 4.78 is 8.22. The van der Waals surface area contributed by atoms with Crippen LogP contribution in [0.4, 0.5) is 4.79 Å². The Morgan fingerprint density at radius 2 is 1.87 bits per heavy atom. The van der Waals surface area contributed by atoms with Crippen LogP contribution in [0.1, 0.15) is 59.3 Å². The van der Waals surface area contributed by atoms with E-state index in [-0.39, 0.29) is 23.6 Å².